The number of rotatable bonds is 1. The minimum atomic E-state index is 0.488. The molecule has 2 aromatic heterocycles. The lowest BCUT2D eigenvalue weighted by molar-refractivity contribution is 0.768. The number of pyridine rings is 1. The average Bonchev–Trinajstić information content (AvgIpc) is 2.51. The Kier molecular flexibility index (Phi) is 2.21. The van der Waals surface area contributed by atoms with Crippen LogP contribution in [0.25, 0.3) is 11.4 Å². The fourth-order valence-electron chi connectivity index (χ4n) is 1.23. The van der Waals surface area contributed by atoms with E-state index in [1.54, 1.807) is 17.1 Å². The van der Waals surface area contributed by atoms with E-state index in [-0.39, 0.29) is 0 Å². The zero-order valence-corrected chi connectivity index (χ0v) is 8.65. The van der Waals surface area contributed by atoms with Crippen molar-refractivity contribution >= 4 is 11.6 Å². The number of hydrogen-bond acceptors (Lipinski definition) is 3. The van der Waals surface area contributed by atoms with Crippen LogP contribution in [0.2, 0.25) is 5.15 Å². The molecule has 5 heteroatoms. The van der Waals surface area contributed by atoms with Crippen LogP contribution in [-0.2, 0) is 7.05 Å². The van der Waals surface area contributed by atoms with E-state index in [0.717, 1.165) is 11.3 Å². The number of nitrogens with zero attached hydrogens (tertiary/aromatic N) is 4. The van der Waals surface area contributed by atoms with Crippen molar-refractivity contribution in [2.45, 2.75) is 6.92 Å². The molecule has 2 aromatic rings. The van der Waals surface area contributed by atoms with E-state index < -0.39 is 0 Å². The standard InChI is InChI=1S/C9H9ClN4/c1-6-7(3-4-8(10)12-6)9-11-5-14(2)13-9/h3-5H,1-2H3. The van der Waals surface area contributed by atoms with E-state index in [2.05, 4.69) is 15.1 Å². The highest BCUT2D eigenvalue weighted by molar-refractivity contribution is 6.29. The summed E-state index contributed by atoms with van der Waals surface area (Å²) < 4.78 is 1.66. The van der Waals surface area contributed by atoms with E-state index in [0.29, 0.717) is 11.0 Å². The van der Waals surface area contributed by atoms with Gasteiger partial charge in [0.25, 0.3) is 0 Å². The molecule has 0 aliphatic carbocycles. The normalized spacial score (nSPS) is 10.5. The Hall–Kier alpha value is -1.42. The molecule has 0 unspecified atom stereocenters. The third-order valence-electron chi connectivity index (χ3n) is 1.89. The topological polar surface area (TPSA) is 43.6 Å². The molecule has 0 fully saturated rings. The third-order valence-corrected chi connectivity index (χ3v) is 2.10. The molecule has 0 aliphatic rings. The van der Waals surface area contributed by atoms with Crippen molar-refractivity contribution in [1.82, 2.24) is 19.7 Å². The van der Waals surface area contributed by atoms with Gasteiger partial charge in [-0.2, -0.15) is 5.10 Å². The quantitative estimate of drug-likeness (QED) is 0.672. The van der Waals surface area contributed by atoms with Gasteiger partial charge in [0.05, 0.1) is 5.69 Å². The molecule has 0 saturated carbocycles. The smallest absolute Gasteiger partial charge is 0.182 e. The highest BCUT2D eigenvalue weighted by atomic mass is 35.5. The summed E-state index contributed by atoms with van der Waals surface area (Å²) in [5, 5.41) is 4.68. The molecule has 2 heterocycles. The summed E-state index contributed by atoms with van der Waals surface area (Å²) >= 11 is 5.75. The number of hydrogen-bond donors (Lipinski definition) is 0. The monoisotopic (exact) mass is 208 g/mol. The fraction of sp³-hybridized carbons (Fsp3) is 0.222. The Labute approximate surface area is 86.6 Å². The second-order valence-electron chi connectivity index (χ2n) is 3.01. The van der Waals surface area contributed by atoms with Gasteiger partial charge < -0.3 is 0 Å². The minimum absolute atomic E-state index is 0.488. The fourth-order valence-corrected chi connectivity index (χ4v) is 1.42. The van der Waals surface area contributed by atoms with Crippen molar-refractivity contribution in [3.05, 3.63) is 29.3 Å². The maximum absolute atomic E-state index is 5.75. The van der Waals surface area contributed by atoms with Crippen molar-refractivity contribution in [1.29, 1.82) is 0 Å². The number of aryl methyl sites for hydroxylation is 2. The molecule has 0 aliphatic heterocycles. The molecule has 0 radical (unpaired) electrons. The molecular formula is C9H9ClN4. The molecule has 72 valence electrons. The molecule has 0 amide bonds. The predicted octanol–water partition coefficient (Wildman–Crippen LogP) is 1.84. The lowest BCUT2D eigenvalue weighted by Crippen LogP contribution is -1.92. The van der Waals surface area contributed by atoms with Crippen molar-refractivity contribution in [3.63, 3.8) is 0 Å². The van der Waals surface area contributed by atoms with Crippen LogP contribution in [0, 0.1) is 6.92 Å². The Morgan fingerprint density at radius 3 is 2.71 bits per heavy atom. The van der Waals surface area contributed by atoms with Gasteiger partial charge in [0, 0.05) is 12.6 Å². The summed E-state index contributed by atoms with van der Waals surface area (Å²) in [4.78, 5) is 8.28. The van der Waals surface area contributed by atoms with E-state index in [1.807, 2.05) is 20.0 Å². The molecule has 0 spiro atoms. The third kappa shape index (κ3) is 1.61. The lowest BCUT2D eigenvalue weighted by Gasteiger charge is -1.99. The van der Waals surface area contributed by atoms with Crippen LogP contribution in [0.15, 0.2) is 18.5 Å². The summed E-state index contributed by atoms with van der Waals surface area (Å²) in [5.41, 5.74) is 1.75. The van der Waals surface area contributed by atoms with Crippen LogP contribution in [0.3, 0.4) is 0 Å². The molecule has 14 heavy (non-hydrogen) atoms. The van der Waals surface area contributed by atoms with Crippen LogP contribution in [0.5, 0.6) is 0 Å². The van der Waals surface area contributed by atoms with E-state index >= 15 is 0 Å². The molecular weight excluding hydrogens is 200 g/mol. The van der Waals surface area contributed by atoms with Crippen molar-refractivity contribution in [2.24, 2.45) is 7.05 Å². The first kappa shape index (κ1) is 9.15. The van der Waals surface area contributed by atoms with Crippen LogP contribution in [-0.4, -0.2) is 19.7 Å². The maximum Gasteiger partial charge on any atom is 0.182 e. The zero-order chi connectivity index (χ0) is 10.1. The molecule has 0 bridgehead atoms. The number of halogens is 1. The minimum Gasteiger partial charge on any atom is -0.255 e. The first-order chi connectivity index (χ1) is 6.66. The largest absolute Gasteiger partial charge is 0.255 e. The van der Waals surface area contributed by atoms with E-state index in [4.69, 9.17) is 11.6 Å². The highest BCUT2D eigenvalue weighted by Crippen LogP contribution is 2.19. The van der Waals surface area contributed by atoms with Gasteiger partial charge in [-0.1, -0.05) is 11.6 Å². The summed E-state index contributed by atoms with van der Waals surface area (Å²) in [6, 6.07) is 3.61. The SMILES string of the molecule is Cc1nc(Cl)ccc1-c1ncn(C)n1. The van der Waals surface area contributed by atoms with Gasteiger partial charge in [0.2, 0.25) is 0 Å². The predicted molar refractivity (Wildman–Crippen MR) is 54.0 cm³/mol. The van der Waals surface area contributed by atoms with Gasteiger partial charge in [-0.25, -0.2) is 9.97 Å². The van der Waals surface area contributed by atoms with Crippen molar-refractivity contribution in [3.8, 4) is 11.4 Å². The molecule has 0 saturated heterocycles. The summed E-state index contributed by atoms with van der Waals surface area (Å²) in [6.45, 7) is 1.89. The van der Waals surface area contributed by atoms with Crippen LogP contribution in [0.1, 0.15) is 5.69 Å². The summed E-state index contributed by atoms with van der Waals surface area (Å²) in [6.07, 6.45) is 1.66. The van der Waals surface area contributed by atoms with Gasteiger partial charge in [-0.3, -0.25) is 4.68 Å². The molecule has 4 nitrogen and oxygen atoms in total. The van der Waals surface area contributed by atoms with Gasteiger partial charge >= 0.3 is 0 Å². The van der Waals surface area contributed by atoms with Crippen molar-refractivity contribution in [2.75, 3.05) is 0 Å². The second-order valence-corrected chi connectivity index (χ2v) is 3.40. The molecule has 0 N–H and O–H groups in total. The molecule has 0 aromatic carbocycles. The Morgan fingerprint density at radius 2 is 2.14 bits per heavy atom. The van der Waals surface area contributed by atoms with E-state index in [1.165, 1.54) is 0 Å². The summed E-state index contributed by atoms with van der Waals surface area (Å²) in [5.74, 6) is 0.675. The van der Waals surface area contributed by atoms with Gasteiger partial charge in [-0.05, 0) is 19.1 Å². The van der Waals surface area contributed by atoms with Gasteiger partial charge in [0.1, 0.15) is 11.5 Å². The maximum atomic E-state index is 5.75. The van der Waals surface area contributed by atoms with Gasteiger partial charge in [0.15, 0.2) is 5.82 Å². The second kappa shape index (κ2) is 3.38. The van der Waals surface area contributed by atoms with Crippen LogP contribution < -0.4 is 0 Å². The lowest BCUT2D eigenvalue weighted by atomic mass is 10.2. The van der Waals surface area contributed by atoms with Crippen LogP contribution >= 0.6 is 11.6 Å². The van der Waals surface area contributed by atoms with Gasteiger partial charge in [-0.15, -0.1) is 0 Å². The van der Waals surface area contributed by atoms with Crippen LogP contribution in [0.4, 0.5) is 0 Å². The summed E-state index contributed by atoms with van der Waals surface area (Å²) in [7, 11) is 1.83. The Balaban J connectivity index is 2.52. The zero-order valence-electron chi connectivity index (χ0n) is 7.90. The number of aromatic nitrogens is 4. The van der Waals surface area contributed by atoms with Crippen molar-refractivity contribution < 1.29 is 0 Å². The molecule has 0 atom stereocenters. The average molecular weight is 209 g/mol. The first-order valence-corrected chi connectivity index (χ1v) is 4.54. The van der Waals surface area contributed by atoms with E-state index in [9.17, 15) is 0 Å². The highest BCUT2D eigenvalue weighted by Gasteiger charge is 2.07. The molecule has 2 rings (SSSR count). The Morgan fingerprint density at radius 1 is 1.36 bits per heavy atom. The first-order valence-electron chi connectivity index (χ1n) is 4.16. The Bertz CT molecular complexity index is 464.